The third kappa shape index (κ3) is 8.07. The third-order valence-corrected chi connectivity index (χ3v) is 4.04. The van der Waals surface area contributed by atoms with Gasteiger partial charge in [-0.3, -0.25) is 0 Å². The topological polar surface area (TPSA) is 58.2 Å². The van der Waals surface area contributed by atoms with E-state index in [4.69, 9.17) is 0 Å². The second-order valence-electron chi connectivity index (χ2n) is 4.02. The van der Waals surface area contributed by atoms with Crippen molar-refractivity contribution in [3.05, 3.63) is 0 Å². The molecule has 0 aromatic rings. The summed E-state index contributed by atoms with van der Waals surface area (Å²) in [5.41, 5.74) is 0. The van der Waals surface area contributed by atoms with Gasteiger partial charge in [0.05, 0.1) is 5.75 Å². The fraction of sp³-hybridized carbons (Fsp3) is 1.00. The van der Waals surface area contributed by atoms with E-state index in [2.05, 4.69) is 23.9 Å². The lowest BCUT2D eigenvalue weighted by molar-refractivity contribution is 0.463. The molecule has 0 saturated heterocycles. The van der Waals surface area contributed by atoms with Crippen LogP contribution < -0.4 is 10.0 Å². The highest BCUT2D eigenvalue weighted by molar-refractivity contribution is 7.89. The predicted octanol–water partition coefficient (Wildman–Crippen LogP) is 1.48. The van der Waals surface area contributed by atoms with Crippen LogP contribution in [0, 0.1) is 0 Å². The van der Waals surface area contributed by atoms with Crippen LogP contribution in [-0.2, 0) is 10.0 Å². The van der Waals surface area contributed by atoms with Crippen LogP contribution in [0.15, 0.2) is 0 Å². The molecule has 0 rings (SSSR count). The van der Waals surface area contributed by atoms with Gasteiger partial charge in [0, 0.05) is 19.1 Å². The van der Waals surface area contributed by atoms with E-state index in [0.717, 1.165) is 12.8 Å². The van der Waals surface area contributed by atoms with Crippen molar-refractivity contribution < 1.29 is 8.42 Å². The Morgan fingerprint density at radius 1 is 1.19 bits per heavy atom. The summed E-state index contributed by atoms with van der Waals surface area (Å²) >= 11 is 0. The van der Waals surface area contributed by atoms with Crippen molar-refractivity contribution in [1.29, 1.82) is 0 Å². The molecule has 1 unspecified atom stereocenters. The number of unbranched alkanes of at least 4 members (excludes halogenated alkanes) is 1. The molecule has 0 saturated carbocycles. The third-order valence-electron chi connectivity index (χ3n) is 2.57. The molecule has 0 radical (unpaired) electrons. The minimum atomic E-state index is -3.07. The Bertz CT molecular complexity index is 253. The maximum atomic E-state index is 11.4. The van der Waals surface area contributed by atoms with Crippen LogP contribution in [0.25, 0.3) is 0 Å². The van der Waals surface area contributed by atoms with Crippen molar-refractivity contribution in [1.82, 2.24) is 10.0 Å². The maximum Gasteiger partial charge on any atom is 0.212 e. The Kier molecular flexibility index (Phi) is 8.89. The van der Waals surface area contributed by atoms with Crippen LogP contribution in [0.2, 0.25) is 0 Å². The lowest BCUT2D eigenvalue weighted by Crippen LogP contribution is -2.36. The summed E-state index contributed by atoms with van der Waals surface area (Å²) in [6, 6.07) is 0.455. The highest BCUT2D eigenvalue weighted by atomic mass is 32.2. The van der Waals surface area contributed by atoms with Crippen LogP contribution in [0.4, 0.5) is 0 Å². The summed E-state index contributed by atoms with van der Waals surface area (Å²) < 4.78 is 25.2. The minimum absolute atomic E-state index is 0.170. The van der Waals surface area contributed by atoms with E-state index in [9.17, 15) is 8.42 Å². The molecule has 0 aliphatic rings. The Balaban J connectivity index is 3.77. The quantitative estimate of drug-likeness (QED) is 0.617. The Labute approximate surface area is 100 Å². The number of sulfonamides is 1. The van der Waals surface area contributed by atoms with Crippen molar-refractivity contribution in [2.45, 2.75) is 52.5 Å². The molecule has 0 bridgehead atoms. The molecule has 0 spiro atoms. The van der Waals surface area contributed by atoms with Gasteiger partial charge >= 0.3 is 0 Å². The van der Waals surface area contributed by atoms with Gasteiger partial charge in [-0.1, -0.05) is 33.6 Å². The molecule has 0 aliphatic heterocycles. The Morgan fingerprint density at radius 2 is 1.88 bits per heavy atom. The second-order valence-corrected chi connectivity index (χ2v) is 5.94. The summed E-state index contributed by atoms with van der Waals surface area (Å²) in [7, 11) is -3.07. The molecule has 4 nitrogen and oxygen atoms in total. The molecular formula is C11H26N2O2S. The summed E-state index contributed by atoms with van der Waals surface area (Å²) in [6.07, 6.45) is 4.58. The Morgan fingerprint density at radius 3 is 2.38 bits per heavy atom. The van der Waals surface area contributed by atoms with Crippen molar-refractivity contribution in [2.75, 3.05) is 18.8 Å². The molecule has 5 heteroatoms. The largest absolute Gasteiger partial charge is 0.313 e. The van der Waals surface area contributed by atoms with E-state index in [1.165, 1.54) is 12.8 Å². The molecule has 0 aromatic heterocycles. The molecule has 0 fully saturated rings. The fourth-order valence-corrected chi connectivity index (χ4v) is 2.56. The highest BCUT2D eigenvalue weighted by Crippen LogP contribution is 2.03. The number of hydrogen-bond donors (Lipinski definition) is 2. The molecule has 98 valence electrons. The first-order valence-electron chi connectivity index (χ1n) is 6.26. The van der Waals surface area contributed by atoms with Crippen molar-refractivity contribution in [2.24, 2.45) is 0 Å². The van der Waals surface area contributed by atoms with Gasteiger partial charge in [0.15, 0.2) is 0 Å². The standard InChI is InChI=1S/C11H26N2O2S/c1-4-7-8-11(5-2)12-9-10-16(14,15)13-6-3/h11-13H,4-10H2,1-3H3. The van der Waals surface area contributed by atoms with Gasteiger partial charge in [-0.25, -0.2) is 13.1 Å². The van der Waals surface area contributed by atoms with Gasteiger partial charge in [-0.2, -0.15) is 0 Å². The van der Waals surface area contributed by atoms with Crippen molar-refractivity contribution in [3.63, 3.8) is 0 Å². The molecule has 0 aliphatic carbocycles. The van der Waals surface area contributed by atoms with E-state index in [1.807, 2.05) is 0 Å². The molecule has 0 amide bonds. The van der Waals surface area contributed by atoms with Crippen LogP contribution >= 0.6 is 0 Å². The van der Waals surface area contributed by atoms with E-state index in [0.29, 0.717) is 19.1 Å². The molecule has 1 atom stereocenters. The van der Waals surface area contributed by atoms with Crippen molar-refractivity contribution in [3.8, 4) is 0 Å². The normalized spacial score (nSPS) is 13.9. The molecule has 16 heavy (non-hydrogen) atoms. The van der Waals surface area contributed by atoms with Crippen molar-refractivity contribution >= 4 is 10.0 Å². The van der Waals surface area contributed by atoms with Gasteiger partial charge in [0.25, 0.3) is 0 Å². The Hall–Kier alpha value is -0.130. The highest BCUT2D eigenvalue weighted by Gasteiger charge is 2.10. The zero-order valence-electron chi connectivity index (χ0n) is 10.8. The van der Waals surface area contributed by atoms with Gasteiger partial charge < -0.3 is 5.32 Å². The second kappa shape index (κ2) is 8.96. The van der Waals surface area contributed by atoms with Gasteiger partial charge in [0.2, 0.25) is 10.0 Å². The summed E-state index contributed by atoms with van der Waals surface area (Å²) in [5, 5.41) is 3.30. The van der Waals surface area contributed by atoms with E-state index >= 15 is 0 Å². The molecule has 0 aromatic carbocycles. The fourth-order valence-electron chi connectivity index (χ4n) is 1.59. The van der Waals surface area contributed by atoms with Crippen LogP contribution in [0.5, 0.6) is 0 Å². The maximum absolute atomic E-state index is 11.4. The lowest BCUT2D eigenvalue weighted by atomic mass is 10.1. The minimum Gasteiger partial charge on any atom is -0.313 e. The monoisotopic (exact) mass is 250 g/mol. The number of rotatable bonds is 10. The van der Waals surface area contributed by atoms with Gasteiger partial charge in [0.1, 0.15) is 0 Å². The van der Waals surface area contributed by atoms with Gasteiger partial charge in [-0.05, 0) is 12.8 Å². The van der Waals surface area contributed by atoms with E-state index in [1.54, 1.807) is 6.92 Å². The zero-order valence-corrected chi connectivity index (χ0v) is 11.6. The number of nitrogens with one attached hydrogen (secondary N) is 2. The van der Waals surface area contributed by atoms with Gasteiger partial charge in [-0.15, -0.1) is 0 Å². The average Bonchev–Trinajstić information content (AvgIpc) is 2.22. The zero-order chi connectivity index (χ0) is 12.4. The average molecular weight is 250 g/mol. The predicted molar refractivity (Wildman–Crippen MR) is 69.1 cm³/mol. The summed E-state index contributed by atoms with van der Waals surface area (Å²) in [5.74, 6) is 0.170. The summed E-state index contributed by atoms with van der Waals surface area (Å²) in [4.78, 5) is 0. The first-order chi connectivity index (χ1) is 7.55. The van der Waals surface area contributed by atoms with Crippen LogP contribution in [0.1, 0.15) is 46.5 Å². The SMILES string of the molecule is CCCCC(CC)NCCS(=O)(=O)NCC. The van der Waals surface area contributed by atoms with Crippen LogP contribution in [0.3, 0.4) is 0 Å². The number of hydrogen-bond acceptors (Lipinski definition) is 3. The lowest BCUT2D eigenvalue weighted by Gasteiger charge is -2.16. The molecule has 2 N–H and O–H groups in total. The molecule has 0 heterocycles. The first-order valence-corrected chi connectivity index (χ1v) is 7.91. The van der Waals surface area contributed by atoms with E-state index < -0.39 is 10.0 Å². The van der Waals surface area contributed by atoms with E-state index in [-0.39, 0.29) is 5.75 Å². The first kappa shape index (κ1) is 15.9. The smallest absolute Gasteiger partial charge is 0.212 e. The summed E-state index contributed by atoms with van der Waals surface area (Å²) in [6.45, 7) is 7.10. The molecular weight excluding hydrogens is 224 g/mol. The van der Waals surface area contributed by atoms with Crippen LogP contribution in [-0.4, -0.2) is 33.3 Å².